The fraction of sp³-hybridized carbons (Fsp3) is 0.857. The normalized spacial score (nSPS) is 26.9. The Morgan fingerprint density at radius 2 is 1.90 bits per heavy atom. The quantitative estimate of drug-likeness (QED) is 0.861. The number of carboxylic acids is 1. The van der Waals surface area contributed by atoms with Crippen molar-refractivity contribution in [2.45, 2.75) is 71.3 Å². The van der Waals surface area contributed by atoms with Gasteiger partial charge in [0.2, 0.25) is 0 Å². The predicted molar refractivity (Wildman–Crippen MR) is 73.6 cm³/mol. The second kappa shape index (κ2) is 5.60. The zero-order valence-corrected chi connectivity index (χ0v) is 13.1. The molecule has 6 nitrogen and oxygen atoms in total. The minimum atomic E-state index is -1.29. The lowest BCUT2D eigenvalue weighted by atomic mass is 9.98. The Labute approximate surface area is 120 Å². The average Bonchev–Trinajstić information content (AvgIpc) is 2.53. The lowest BCUT2D eigenvalue weighted by Crippen LogP contribution is -2.52. The van der Waals surface area contributed by atoms with Crippen molar-refractivity contribution in [2.24, 2.45) is 0 Å². The molecule has 0 radical (unpaired) electrons. The van der Waals surface area contributed by atoms with Gasteiger partial charge >= 0.3 is 12.1 Å². The van der Waals surface area contributed by atoms with Gasteiger partial charge in [0, 0.05) is 6.42 Å². The number of hydrogen-bond donors (Lipinski definition) is 1. The lowest BCUT2D eigenvalue weighted by Gasteiger charge is -2.32. The summed E-state index contributed by atoms with van der Waals surface area (Å²) in [4.78, 5) is 25.0. The summed E-state index contributed by atoms with van der Waals surface area (Å²) in [5.74, 6) is -1.04. The van der Waals surface area contributed by atoms with Crippen LogP contribution in [0.3, 0.4) is 0 Å². The van der Waals surface area contributed by atoms with Crippen molar-refractivity contribution in [3.8, 4) is 0 Å². The first-order chi connectivity index (χ1) is 8.95. The number of rotatable bonds is 3. The topological polar surface area (TPSA) is 76.1 Å². The zero-order valence-electron chi connectivity index (χ0n) is 13.1. The van der Waals surface area contributed by atoms with Gasteiger partial charge in [-0.2, -0.15) is 0 Å². The molecule has 0 aromatic carbocycles. The van der Waals surface area contributed by atoms with Crippen LogP contribution in [-0.2, 0) is 14.3 Å². The summed E-state index contributed by atoms with van der Waals surface area (Å²) >= 11 is 0. The summed E-state index contributed by atoms with van der Waals surface area (Å²) in [6.45, 7) is 10.8. The van der Waals surface area contributed by atoms with Crippen molar-refractivity contribution >= 4 is 12.1 Å². The van der Waals surface area contributed by atoms with Crippen LogP contribution in [-0.4, -0.2) is 52.0 Å². The molecular formula is C14H25NO5. The van der Waals surface area contributed by atoms with Gasteiger partial charge < -0.3 is 14.6 Å². The maximum Gasteiger partial charge on any atom is 0.411 e. The number of carboxylic acid groups (broad SMARTS) is 1. The monoisotopic (exact) mass is 287 g/mol. The summed E-state index contributed by atoms with van der Waals surface area (Å²) < 4.78 is 10.9. The number of carbonyl (C=O) groups excluding carboxylic acids is 1. The first kappa shape index (κ1) is 16.8. The van der Waals surface area contributed by atoms with Crippen molar-refractivity contribution in [2.75, 3.05) is 6.54 Å². The Hall–Kier alpha value is -1.30. The van der Waals surface area contributed by atoms with E-state index in [4.69, 9.17) is 9.47 Å². The number of carbonyl (C=O) groups is 2. The molecule has 6 heteroatoms. The Balaban J connectivity index is 2.91. The van der Waals surface area contributed by atoms with E-state index in [0.717, 1.165) is 0 Å². The summed E-state index contributed by atoms with van der Waals surface area (Å²) in [7, 11) is 0. The van der Waals surface area contributed by atoms with Crippen LogP contribution in [0.1, 0.15) is 48.0 Å². The van der Waals surface area contributed by atoms with Crippen LogP contribution in [0.2, 0.25) is 0 Å². The highest BCUT2D eigenvalue weighted by molar-refractivity contribution is 5.85. The van der Waals surface area contributed by atoms with Crippen LogP contribution >= 0.6 is 0 Å². The molecule has 1 aliphatic heterocycles. The largest absolute Gasteiger partial charge is 0.480 e. The van der Waals surface area contributed by atoms with E-state index in [-0.39, 0.29) is 25.2 Å². The molecule has 1 rings (SSSR count). The van der Waals surface area contributed by atoms with Gasteiger partial charge in [-0.25, -0.2) is 9.59 Å². The molecule has 0 aliphatic carbocycles. The molecule has 1 N–H and O–H groups in total. The van der Waals surface area contributed by atoms with E-state index in [1.54, 1.807) is 20.8 Å². The van der Waals surface area contributed by atoms with Gasteiger partial charge in [-0.15, -0.1) is 0 Å². The van der Waals surface area contributed by atoms with E-state index in [0.29, 0.717) is 0 Å². The van der Waals surface area contributed by atoms with E-state index >= 15 is 0 Å². The molecule has 1 amide bonds. The highest BCUT2D eigenvalue weighted by Crippen LogP contribution is 2.33. The standard InChI is InChI=1S/C14H25NO5/c1-9(2)19-10-7-14(6,11(16)17)15(8-10)12(18)20-13(3,4)5/h9-10H,7-8H2,1-6H3,(H,16,17)/t10-,14-/m1/s1. The number of likely N-dealkylation sites (tertiary alicyclic amines) is 1. The average molecular weight is 287 g/mol. The van der Waals surface area contributed by atoms with E-state index in [2.05, 4.69) is 0 Å². The van der Waals surface area contributed by atoms with Crippen molar-refractivity contribution in [3.63, 3.8) is 0 Å². The fourth-order valence-corrected chi connectivity index (χ4v) is 2.30. The van der Waals surface area contributed by atoms with Crippen molar-refractivity contribution < 1.29 is 24.2 Å². The van der Waals surface area contributed by atoms with Gasteiger partial charge in [0.1, 0.15) is 11.1 Å². The maximum absolute atomic E-state index is 12.2. The molecule has 1 heterocycles. The minimum absolute atomic E-state index is 0.0170. The highest BCUT2D eigenvalue weighted by atomic mass is 16.6. The second-order valence-electron chi connectivity index (χ2n) is 6.68. The number of ether oxygens (including phenoxy) is 2. The molecular weight excluding hydrogens is 262 g/mol. The molecule has 2 atom stereocenters. The Kier molecular flexibility index (Phi) is 4.69. The fourth-order valence-electron chi connectivity index (χ4n) is 2.30. The van der Waals surface area contributed by atoms with Crippen molar-refractivity contribution in [3.05, 3.63) is 0 Å². The molecule has 0 saturated carbocycles. The smallest absolute Gasteiger partial charge is 0.411 e. The van der Waals surface area contributed by atoms with Crippen LogP contribution < -0.4 is 0 Å². The second-order valence-corrected chi connectivity index (χ2v) is 6.68. The van der Waals surface area contributed by atoms with E-state index in [1.807, 2.05) is 13.8 Å². The van der Waals surface area contributed by atoms with Crippen LogP contribution in [0, 0.1) is 0 Å². The van der Waals surface area contributed by atoms with Crippen LogP contribution in [0.5, 0.6) is 0 Å². The maximum atomic E-state index is 12.2. The van der Waals surface area contributed by atoms with E-state index in [1.165, 1.54) is 11.8 Å². The first-order valence-corrected chi connectivity index (χ1v) is 6.85. The zero-order chi connectivity index (χ0) is 15.7. The first-order valence-electron chi connectivity index (χ1n) is 6.85. The predicted octanol–water partition coefficient (Wildman–Crippen LogP) is 2.26. The molecule has 0 spiro atoms. The number of hydrogen-bond acceptors (Lipinski definition) is 4. The Morgan fingerprint density at radius 3 is 2.30 bits per heavy atom. The third-order valence-electron chi connectivity index (χ3n) is 3.15. The van der Waals surface area contributed by atoms with Gasteiger partial charge in [-0.05, 0) is 41.5 Å². The SMILES string of the molecule is CC(C)O[C@H]1CN(C(=O)OC(C)(C)C)[C@@](C)(C(=O)O)C1. The van der Waals surface area contributed by atoms with Gasteiger partial charge in [0.25, 0.3) is 0 Å². The van der Waals surface area contributed by atoms with Crippen LogP contribution in [0.15, 0.2) is 0 Å². The molecule has 1 saturated heterocycles. The summed E-state index contributed by atoms with van der Waals surface area (Å²) in [6, 6.07) is 0. The Morgan fingerprint density at radius 1 is 1.35 bits per heavy atom. The van der Waals surface area contributed by atoms with Gasteiger partial charge in [0.05, 0.1) is 18.8 Å². The molecule has 1 aliphatic rings. The molecule has 116 valence electrons. The third-order valence-corrected chi connectivity index (χ3v) is 3.15. The van der Waals surface area contributed by atoms with Crippen molar-refractivity contribution in [1.29, 1.82) is 0 Å². The summed E-state index contributed by atoms with van der Waals surface area (Å²) in [5, 5.41) is 9.44. The van der Waals surface area contributed by atoms with Crippen LogP contribution in [0.25, 0.3) is 0 Å². The summed E-state index contributed by atoms with van der Waals surface area (Å²) in [5.41, 5.74) is -1.95. The molecule has 20 heavy (non-hydrogen) atoms. The third kappa shape index (κ3) is 3.85. The molecule has 0 bridgehead atoms. The Bertz CT molecular complexity index is 388. The molecule has 1 fully saturated rings. The van der Waals surface area contributed by atoms with Crippen LogP contribution in [0.4, 0.5) is 4.79 Å². The molecule has 0 aromatic heterocycles. The van der Waals surface area contributed by atoms with Gasteiger partial charge in [0.15, 0.2) is 0 Å². The van der Waals surface area contributed by atoms with E-state index in [9.17, 15) is 14.7 Å². The minimum Gasteiger partial charge on any atom is -0.480 e. The molecule has 0 aromatic rings. The molecule has 0 unspecified atom stereocenters. The highest BCUT2D eigenvalue weighted by Gasteiger charge is 2.52. The van der Waals surface area contributed by atoms with E-state index < -0.39 is 23.2 Å². The lowest BCUT2D eigenvalue weighted by molar-refractivity contribution is -0.148. The van der Waals surface area contributed by atoms with Gasteiger partial charge in [-0.1, -0.05) is 0 Å². The van der Waals surface area contributed by atoms with Crippen molar-refractivity contribution in [1.82, 2.24) is 4.90 Å². The van der Waals surface area contributed by atoms with Gasteiger partial charge in [-0.3, -0.25) is 4.90 Å². The number of nitrogens with zero attached hydrogens (tertiary/aromatic N) is 1. The number of amides is 1. The number of aliphatic carboxylic acids is 1. The summed E-state index contributed by atoms with van der Waals surface area (Å²) in [6.07, 6.45) is -0.655.